The van der Waals surface area contributed by atoms with Crippen LogP contribution in [0.5, 0.6) is 0 Å². The minimum atomic E-state index is -0.301. The highest BCUT2D eigenvalue weighted by atomic mass is 35.5. The fourth-order valence-electron chi connectivity index (χ4n) is 1.63. The Morgan fingerprint density at radius 2 is 1.85 bits per heavy atom. The Bertz CT molecular complexity index is 623. The summed E-state index contributed by atoms with van der Waals surface area (Å²) in [4.78, 5) is 11.7. The molecule has 0 aliphatic rings. The SMILES string of the molecule is O=C(C=Cc1ccc(F)cc1)NCc1ccccc1Cl. The molecule has 0 aliphatic carbocycles. The molecule has 0 saturated heterocycles. The van der Waals surface area contributed by atoms with Crippen molar-refractivity contribution in [1.29, 1.82) is 0 Å². The average molecular weight is 290 g/mol. The van der Waals surface area contributed by atoms with Crippen molar-refractivity contribution in [3.63, 3.8) is 0 Å². The standard InChI is InChI=1S/C16H13ClFNO/c17-15-4-2-1-3-13(15)11-19-16(20)10-7-12-5-8-14(18)9-6-12/h1-10H,11H2,(H,19,20). The van der Waals surface area contributed by atoms with Crippen molar-refractivity contribution in [3.05, 3.63) is 76.6 Å². The maximum atomic E-state index is 12.7. The minimum Gasteiger partial charge on any atom is -0.348 e. The summed E-state index contributed by atoms with van der Waals surface area (Å²) in [6.07, 6.45) is 3.03. The molecule has 0 fully saturated rings. The van der Waals surface area contributed by atoms with E-state index in [0.717, 1.165) is 11.1 Å². The Hall–Kier alpha value is -2.13. The number of amides is 1. The van der Waals surface area contributed by atoms with Gasteiger partial charge in [0.2, 0.25) is 5.91 Å². The fourth-order valence-corrected chi connectivity index (χ4v) is 1.83. The molecule has 0 spiro atoms. The normalized spacial score (nSPS) is 10.7. The third kappa shape index (κ3) is 4.21. The van der Waals surface area contributed by atoms with Gasteiger partial charge in [-0.2, -0.15) is 0 Å². The van der Waals surface area contributed by atoms with E-state index in [2.05, 4.69) is 5.32 Å². The lowest BCUT2D eigenvalue weighted by Gasteiger charge is -2.04. The van der Waals surface area contributed by atoms with Crippen LogP contribution in [0, 0.1) is 5.82 Å². The molecule has 0 aliphatic heterocycles. The van der Waals surface area contributed by atoms with Crippen LogP contribution in [-0.4, -0.2) is 5.91 Å². The van der Waals surface area contributed by atoms with Crippen LogP contribution in [-0.2, 0) is 11.3 Å². The lowest BCUT2D eigenvalue weighted by molar-refractivity contribution is -0.116. The van der Waals surface area contributed by atoms with E-state index in [1.165, 1.54) is 18.2 Å². The summed E-state index contributed by atoms with van der Waals surface area (Å²) in [6, 6.07) is 13.2. The van der Waals surface area contributed by atoms with Gasteiger partial charge in [0.05, 0.1) is 0 Å². The van der Waals surface area contributed by atoms with E-state index >= 15 is 0 Å². The third-order valence-corrected chi connectivity index (χ3v) is 3.08. The second kappa shape index (κ2) is 6.87. The molecule has 0 atom stereocenters. The topological polar surface area (TPSA) is 29.1 Å². The van der Waals surface area contributed by atoms with Crippen molar-refractivity contribution in [2.75, 3.05) is 0 Å². The molecule has 20 heavy (non-hydrogen) atoms. The summed E-state index contributed by atoms with van der Waals surface area (Å²) in [7, 11) is 0. The molecule has 1 N–H and O–H groups in total. The van der Waals surface area contributed by atoms with Crippen molar-refractivity contribution >= 4 is 23.6 Å². The van der Waals surface area contributed by atoms with Gasteiger partial charge < -0.3 is 5.32 Å². The molecule has 0 aromatic heterocycles. The monoisotopic (exact) mass is 289 g/mol. The molecular weight excluding hydrogens is 277 g/mol. The lowest BCUT2D eigenvalue weighted by Crippen LogP contribution is -2.20. The number of nitrogens with one attached hydrogen (secondary N) is 1. The Kier molecular flexibility index (Phi) is 4.91. The van der Waals surface area contributed by atoms with Gasteiger partial charge in [-0.15, -0.1) is 0 Å². The first kappa shape index (κ1) is 14.3. The predicted octanol–water partition coefficient (Wildman–Crippen LogP) is 3.81. The molecule has 102 valence electrons. The molecular formula is C16H13ClFNO. The van der Waals surface area contributed by atoms with E-state index in [-0.39, 0.29) is 11.7 Å². The molecule has 2 aromatic rings. The first-order valence-corrected chi connectivity index (χ1v) is 6.48. The van der Waals surface area contributed by atoms with Gasteiger partial charge in [-0.05, 0) is 35.4 Å². The summed E-state index contributed by atoms with van der Waals surface area (Å²) < 4.78 is 12.7. The summed E-state index contributed by atoms with van der Waals surface area (Å²) in [5.41, 5.74) is 1.62. The highest BCUT2D eigenvalue weighted by molar-refractivity contribution is 6.31. The summed E-state index contributed by atoms with van der Waals surface area (Å²) in [5.74, 6) is -0.528. The summed E-state index contributed by atoms with van der Waals surface area (Å²) in [6.45, 7) is 0.367. The second-order valence-corrected chi connectivity index (χ2v) is 4.60. The predicted molar refractivity (Wildman–Crippen MR) is 78.7 cm³/mol. The van der Waals surface area contributed by atoms with Gasteiger partial charge >= 0.3 is 0 Å². The lowest BCUT2D eigenvalue weighted by atomic mass is 10.2. The smallest absolute Gasteiger partial charge is 0.244 e. The Morgan fingerprint density at radius 3 is 2.55 bits per heavy atom. The molecule has 0 saturated carbocycles. The van der Waals surface area contributed by atoms with E-state index in [1.54, 1.807) is 24.3 Å². The molecule has 2 rings (SSSR count). The van der Waals surface area contributed by atoms with Gasteiger partial charge in [-0.25, -0.2) is 4.39 Å². The zero-order valence-corrected chi connectivity index (χ0v) is 11.4. The molecule has 0 bridgehead atoms. The fraction of sp³-hybridized carbons (Fsp3) is 0.0625. The Labute approximate surface area is 121 Å². The molecule has 2 aromatic carbocycles. The van der Waals surface area contributed by atoms with Gasteiger partial charge in [0, 0.05) is 17.6 Å². The number of hydrogen-bond acceptors (Lipinski definition) is 1. The first-order valence-electron chi connectivity index (χ1n) is 6.10. The number of carbonyl (C=O) groups excluding carboxylic acids is 1. The van der Waals surface area contributed by atoms with Crippen LogP contribution in [0.15, 0.2) is 54.6 Å². The van der Waals surface area contributed by atoms with Crippen LogP contribution in [0.3, 0.4) is 0 Å². The summed E-state index contributed by atoms with van der Waals surface area (Å²) in [5, 5.41) is 3.36. The van der Waals surface area contributed by atoms with Crippen molar-refractivity contribution in [2.24, 2.45) is 0 Å². The van der Waals surface area contributed by atoms with Gasteiger partial charge in [-0.1, -0.05) is 41.9 Å². The zero-order valence-electron chi connectivity index (χ0n) is 10.6. The maximum Gasteiger partial charge on any atom is 0.244 e. The van der Waals surface area contributed by atoms with Crippen molar-refractivity contribution in [2.45, 2.75) is 6.54 Å². The van der Waals surface area contributed by atoms with Crippen LogP contribution in [0.2, 0.25) is 5.02 Å². The van der Waals surface area contributed by atoms with E-state index < -0.39 is 0 Å². The number of benzene rings is 2. The molecule has 2 nitrogen and oxygen atoms in total. The molecule has 0 heterocycles. The average Bonchev–Trinajstić information content (AvgIpc) is 2.46. The number of hydrogen-bond donors (Lipinski definition) is 1. The minimum absolute atomic E-state index is 0.228. The van der Waals surface area contributed by atoms with Crippen LogP contribution in [0.25, 0.3) is 6.08 Å². The highest BCUT2D eigenvalue weighted by Crippen LogP contribution is 2.14. The third-order valence-electron chi connectivity index (χ3n) is 2.71. The van der Waals surface area contributed by atoms with E-state index in [4.69, 9.17) is 11.6 Å². The zero-order chi connectivity index (χ0) is 14.4. The van der Waals surface area contributed by atoms with Crippen LogP contribution >= 0.6 is 11.6 Å². The van der Waals surface area contributed by atoms with Crippen LogP contribution < -0.4 is 5.32 Å². The second-order valence-electron chi connectivity index (χ2n) is 4.19. The summed E-state index contributed by atoms with van der Waals surface area (Å²) >= 11 is 5.99. The van der Waals surface area contributed by atoms with E-state index in [9.17, 15) is 9.18 Å². The maximum absolute atomic E-state index is 12.7. The number of halogens is 2. The Morgan fingerprint density at radius 1 is 1.15 bits per heavy atom. The first-order chi connectivity index (χ1) is 9.65. The van der Waals surface area contributed by atoms with Crippen molar-refractivity contribution in [3.8, 4) is 0 Å². The van der Waals surface area contributed by atoms with Gasteiger partial charge in [0.1, 0.15) is 5.82 Å². The van der Waals surface area contributed by atoms with Crippen molar-refractivity contribution < 1.29 is 9.18 Å². The molecule has 4 heteroatoms. The molecule has 0 radical (unpaired) electrons. The number of rotatable bonds is 4. The van der Waals surface area contributed by atoms with Gasteiger partial charge in [-0.3, -0.25) is 4.79 Å². The molecule has 0 unspecified atom stereocenters. The van der Waals surface area contributed by atoms with Crippen molar-refractivity contribution in [1.82, 2.24) is 5.32 Å². The quantitative estimate of drug-likeness (QED) is 0.852. The largest absolute Gasteiger partial charge is 0.348 e. The van der Waals surface area contributed by atoms with Crippen LogP contribution in [0.1, 0.15) is 11.1 Å². The van der Waals surface area contributed by atoms with Gasteiger partial charge in [0.25, 0.3) is 0 Å². The van der Waals surface area contributed by atoms with Gasteiger partial charge in [0.15, 0.2) is 0 Å². The van der Waals surface area contributed by atoms with E-state index in [0.29, 0.717) is 11.6 Å². The number of carbonyl (C=O) groups is 1. The van der Waals surface area contributed by atoms with Crippen LogP contribution in [0.4, 0.5) is 4.39 Å². The Balaban J connectivity index is 1.90. The molecule has 1 amide bonds. The highest BCUT2D eigenvalue weighted by Gasteiger charge is 2.00. The van der Waals surface area contributed by atoms with E-state index in [1.807, 2.05) is 18.2 Å².